The first-order valence-corrected chi connectivity index (χ1v) is 6.18. The summed E-state index contributed by atoms with van der Waals surface area (Å²) in [6, 6.07) is 6.21. The molecule has 1 aromatic rings. The predicted octanol–water partition coefficient (Wildman–Crippen LogP) is 4.28. The van der Waals surface area contributed by atoms with Crippen molar-refractivity contribution in [3.8, 4) is 5.75 Å². The van der Waals surface area contributed by atoms with Gasteiger partial charge in [0.05, 0.1) is 0 Å². The molecule has 0 aromatic heterocycles. The maximum Gasteiger partial charge on any atom is 0.124 e. The van der Waals surface area contributed by atoms with Gasteiger partial charge in [-0.15, -0.1) is 13.2 Å². The van der Waals surface area contributed by atoms with Gasteiger partial charge >= 0.3 is 0 Å². The van der Waals surface area contributed by atoms with E-state index in [1.807, 2.05) is 18.2 Å². The lowest BCUT2D eigenvalue weighted by Gasteiger charge is -2.26. The maximum absolute atomic E-state index is 6.08. The van der Waals surface area contributed by atoms with Gasteiger partial charge in [0.1, 0.15) is 11.4 Å². The van der Waals surface area contributed by atoms with Crippen LogP contribution in [0.2, 0.25) is 0 Å². The molecule has 0 saturated carbocycles. The van der Waals surface area contributed by atoms with E-state index in [4.69, 9.17) is 4.74 Å². The highest BCUT2D eigenvalue weighted by molar-refractivity contribution is 9.10. The summed E-state index contributed by atoms with van der Waals surface area (Å²) in [5.41, 5.74) is 1.11. The summed E-state index contributed by atoms with van der Waals surface area (Å²) >= 11 is 3.46. The van der Waals surface area contributed by atoms with Crippen molar-refractivity contribution in [2.45, 2.75) is 24.9 Å². The first-order chi connectivity index (χ1) is 7.69. The van der Waals surface area contributed by atoms with Gasteiger partial charge in [0.2, 0.25) is 0 Å². The Morgan fingerprint density at radius 2 is 2.00 bits per heavy atom. The van der Waals surface area contributed by atoms with Crippen LogP contribution in [0.1, 0.15) is 18.4 Å². The molecule has 1 aromatic carbocycles. The highest BCUT2D eigenvalue weighted by Gasteiger charge is 2.37. The van der Waals surface area contributed by atoms with E-state index in [2.05, 4.69) is 41.2 Å². The highest BCUT2D eigenvalue weighted by Crippen LogP contribution is 2.40. The van der Waals surface area contributed by atoms with E-state index in [-0.39, 0.29) is 5.60 Å². The van der Waals surface area contributed by atoms with Crippen molar-refractivity contribution in [2.75, 3.05) is 0 Å². The Hall–Kier alpha value is -1.02. The van der Waals surface area contributed by atoms with Crippen molar-refractivity contribution in [1.29, 1.82) is 0 Å². The van der Waals surface area contributed by atoms with Crippen LogP contribution in [0.5, 0.6) is 5.75 Å². The largest absolute Gasteiger partial charge is 0.486 e. The van der Waals surface area contributed by atoms with E-state index in [0.717, 1.165) is 29.5 Å². The van der Waals surface area contributed by atoms with E-state index in [1.54, 1.807) is 0 Å². The Bertz CT molecular complexity index is 413. The summed E-state index contributed by atoms with van der Waals surface area (Å²) in [7, 11) is 0. The third kappa shape index (κ3) is 2.07. The summed E-state index contributed by atoms with van der Waals surface area (Å²) in [4.78, 5) is 0. The Kier molecular flexibility index (Phi) is 3.20. The first-order valence-electron chi connectivity index (χ1n) is 5.38. The molecular weight excluding hydrogens is 264 g/mol. The molecule has 1 heterocycles. The minimum atomic E-state index is -0.160. The molecule has 0 unspecified atom stereocenters. The van der Waals surface area contributed by atoms with E-state index in [1.165, 1.54) is 5.56 Å². The molecule has 2 rings (SSSR count). The van der Waals surface area contributed by atoms with Crippen molar-refractivity contribution in [2.24, 2.45) is 0 Å². The number of fused-ring (bicyclic) bond motifs is 1. The number of ether oxygens (including phenoxy) is 1. The van der Waals surface area contributed by atoms with Gasteiger partial charge in [-0.25, -0.2) is 0 Å². The molecule has 0 bridgehead atoms. The fourth-order valence-corrected chi connectivity index (χ4v) is 2.56. The lowest BCUT2D eigenvalue weighted by atomic mass is 9.90. The second-order valence-electron chi connectivity index (χ2n) is 4.20. The Balaban J connectivity index is 2.30. The van der Waals surface area contributed by atoms with Crippen LogP contribution in [-0.4, -0.2) is 5.60 Å². The molecule has 0 amide bonds. The second kappa shape index (κ2) is 4.46. The molecule has 0 N–H and O–H groups in total. The summed E-state index contributed by atoms with van der Waals surface area (Å²) in [6.45, 7) is 7.62. The van der Waals surface area contributed by atoms with Crippen molar-refractivity contribution >= 4 is 15.9 Å². The van der Waals surface area contributed by atoms with E-state index < -0.39 is 0 Å². The van der Waals surface area contributed by atoms with Crippen LogP contribution in [-0.2, 0) is 6.42 Å². The van der Waals surface area contributed by atoms with Crippen molar-refractivity contribution in [3.05, 3.63) is 53.5 Å². The number of benzene rings is 1. The van der Waals surface area contributed by atoms with Crippen molar-refractivity contribution in [3.63, 3.8) is 0 Å². The quantitative estimate of drug-likeness (QED) is 0.748. The maximum atomic E-state index is 6.08. The molecule has 0 spiro atoms. The van der Waals surface area contributed by atoms with E-state index in [9.17, 15) is 0 Å². The lowest BCUT2D eigenvalue weighted by Crippen LogP contribution is -2.32. The van der Waals surface area contributed by atoms with Crippen molar-refractivity contribution < 1.29 is 4.74 Å². The molecule has 0 saturated heterocycles. The molecule has 1 nitrogen and oxygen atoms in total. The number of hydrogen-bond acceptors (Lipinski definition) is 1. The number of halogens is 1. The Morgan fingerprint density at radius 1 is 1.31 bits per heavy atom. The average Bonchev–Trinajstić information content (AvgIpc) is 2.56. The van der Waals surface area contributed by atoms with Crippen molar-refractivity contribution in [1.82, 2.24) is 0 Å². The van der Waals surface area contributed by atoms with Crippen LogP contribution in [0.15, 0.2) is 48.0 Å². The zero-order chi connectivity index (χ0) is 11.6. The molecule has 0 aliphatic carbocycles. The van der Waals surface area contributed by atoms with Gasteiger partial charge in [-0.3, -0.25) is 0 Å². The van der Waals surface area contributed by atoms with Crippen LogP contribution in [0.25, 0.3) is 0 Å². The van der Waals surface area contributed by atoms with Crippen LogP contribution in [0.3, 0.4) is 0 Å². The fraction of sp³-hybridized carbons (Fsp3) is 0.286. The van der Waals surface area contributed by atoms with Gasteiger partial charge in [0.15, 0.2) is 0 Å². The monoisotopic (exact) mass is 278 g/mol. The second-order valence-corrected chi connectivity index (χ2v) is 5.12. The van der Waals surface area contributed by atoms with E-state index in [0.29, 0.717) is 0 Å². The summed E-state index contributed by atoms with van der Waals surface area (Å²) in [6.07, 6.45) is 6.49. The topological polar surface area (TPSA) is 9.23 Å². The summed E-state index contributed by atoms with van der Waals surface area (Å²) < 4.78 is 7.14. The normalized spacial score (nSPS) is 16.3. The highest BCUT2D eigenvalue weighted by atomic mass is 79.9. The zero-order valence-electron chi connectivity index (χ0n) is 9.21. The molecule has 0 atom stereocenters. The Labute approximate surface area is 105 Å². The zero-order valence-corrected chi connectivity index (χ0v) is 10.8. The molecule has 1 aliphatic heterocycles. The third-order valence-corrected chi connectivity index (χ3v) is 3.39. The standard InChI is InChI=1S/C14H15BrO/c1-3-7-14(8-4-2)10-11-5-6-12(15)9-13(11)16-14/h3-6,9H,1-2,7-8,10H2. The van der Waals surface area contributed by atoms with Gasteiger partial charge in [-0.2, -0.15) is 0 Å². The van der Waals surface area contributed by atoms with E-state index >= 15 is 0 Å². The van der Waals surface area contributed by atoms with Crippen LogP contribution in [0, 0.1) is 0 Å². The Morgan fingerprint density at radius 3 is 2.62 bits per heavy atom. The molecule has 0 radical (unpaired) electrons. The molecule has 0 fully saturated rings. The smallest absolute Gasteiger partial charge is 0.124 e. The number of rotatable bonds is 4. The number of hydrogen-bond donors (Lipinski definition) is 0. The summed E-state index contributed by atoms with van der Waals surface area (Å²) in [5.74, 6) is 0.984. The average molecular weight is 279 g/mol. The molecular formula is C14H15BrO. The van der Waals surface area contributed by atoms with Gasteiger partial charge in [0.25, 0.3) is 0 Å². The molecule has 16 heavy (non-hydrogen) atoms. The third-order valence-electron chi connectivity index (χ3n) is 2.90. The van der Waals surface area contributed by atoms with Crippen LogP contribution >= 0.6 is 15.9 Å². The minimum absolute atomic E-state index is 0.160. The summed E-state index contributed by atoms with van der Waals surface area (Å²) in [5, 5.41) is 0. The lowest BCUT2D eigenvalue weighted by molar-refractivity contribution is 0.101. The SMILES string of the molecule is C=CCC1(CC=C)Cc2ccc(Br)cc2O1. The first kappa shape index (κ1) is 11.5. The fourth-order valence-electron chi connectivity index (χ4n) is 2.22. The minimum Gasteiger partial charge on any atom is -0.486 e. The van der Waals surface area contributed by atoms with Gasteiger partial charge in [0, 0.05) is 23.7 Å². The van der Waals surface area contributed by atoms with Gasteiger partial charge in [-0.1, -0.05) is 34.1 Å². The molecule has 1 aliphatic rings. The van der Waals surface area contributed by atoms with Crippen LogP contribution < -0.4 is 4.74 Å². The molecule has 2 heteroatoms. The predicted molar refractivity (Wildman–Crippen MR) is 70.8 cm³/mol. The molecule has 84 valence electrons. The van der Waals surface area contributed by atoms with Crippen LogP contribution in [0.4, 0.5) is 0 Å². The van der Waals surface area contributed by atoms with Gasteiger partial charge in [-0.05, 0) is 17.7 Å². The van der Waals surface area contributed by atoms with Gasteiger partial charge < -0.3 is 4.74 Å².